The second-order valence-electron chi connectivity index (χ2n) is 5.81. The summed E-state index contributed by atoms with van der Waals surface area (Å²) in [6, 6.07) is 8.09. The number of nitrogens with one attached hydrogen (secondary N) is 2. The topological polar surface area (TPSA) is 33.3 Å². The molecule has 1 atom stereocenters. The molecule has 2 rings (SSSR count). The van der Waals surface area contributed by atoms with Crippen LogP contribution in [-0.4, -0.2) is 25.7 Å². The molecular weight excluding hydrogens is 212 g/mol. The van der Waals surface area contributed by atoms with E-state index in [-0.39, 0.29) is 6.10 Å². The van der Waals surface area contributed by atoms with Crippen LogP contribution in [0, 0.1) is 5.41 Å². The monoisotopic (exact) mass is 234 g/mol. The van der Waals surface area contributed by atoms with Crippen LogP contribution < -0.4 is 15.4 Å². The van der Waals surface area contributed by atoms with E-state index in [0.717, 1.165) is 31.1 Å². The van der Waals surface area contributed by atoms with Crippen LogP contribution in [-0.2, 0) is 0 Å². The van der Waals surface area contributed by atoms with Crippen LogP contribution in [0.3, 0.4) is 0 Å². The van der Waals surface area contributed by atoms with Gasteiger partial charge in [0.1, 0.15) is 11.9 Å². The Morgan fingerprint density at radius 3 is 2.88 bits per heavy atom. The van der Waals surface area contributed by atoms with Crippen LogP contribution in [0.2, 0.25) is 0 Å². The first-order valence-electron chi connectivity index (χ1n) is 6.25. The Kier molecular flexibility index (Phi) is 3.57. The lowest BCUT2D eigenvalue weighted by Crippen LogP contribution is -2.41. The number of fused-ring (bicyclic) bond motifs is 1. The van der Waals surface area contributed by atoms with Crippen molar-refractivity contribution in [1.29, 1.82) is 0 Å². The van der Waals surface area contributed by atoms with Gasteiger partial charge in [0.15, 0.2) is 0 Å². The number of anilines is 1. The van der Waals surface area contributed by atoms with Crippen molar-refractivity contribution >= 4 is 5.69 Å². The number of hydrogen-bond acceptors (Lipinski definition) is 3. The summed E-state index contributed by atoms with van der Waals surface area (Å²) in [5.74, 6) is 0.960. The van der Waals surface area contributed by atoms with Gasteiger partial charge in [0.2, 0.25) is 0 Å². The summed E-state index contributed by atoms with van der Waals surface area (Å²) in [5.41, 5.74) is 1.42. The van der Waals surface area contributed by atoms with Crippen LogP contribution in [0.25, 0.3) is 0 Å². The lowest BCUT2D eigenvalue weighted by Gasteiger charge is -2.28. The summed E-state index contributed by atoms with van der Waals surface area (Å²) in [6.45, 7) is 9.46. The van der Waals surface area contributed by atoms with Crippen LogP contribution in [0.15, 0.2) is 24.3 Å². The van der Waals surface area contributed by atoms with Gasteiger partial charge in [-0.05, 0) is 17.5 Å². The molecule has 0 spiro atoms. The summed E-state index contributed by atoms with van der Waals surface area (Å²) in [5, 5.41) is 6.86. The van der Waals surface area contributed by atoms with Crippen LogP contribution in [0.4, 0.5) is 5.69 Å². The predicted molar refractivity (Wildman–Crippen MR) is 71.7 cm³/mol. The Morgan fingerprint density at radius 2 is 2.12 bits per heavy atom. The highest BCUT2D eigenvalue weighted by Gasteiger charge is 2.19. The average molecular weight is 234 g/mol. The van der Waals surface area contributed by atoms with Crippen LogP contribution in [0.1, 0.15) is 20.8 Å². The van der Waals surface area contributed by atoms with Gasteiger partial charge in [-0.3, -0.25) is 0 Å². The molecule has 1 aromatic rings. The molecule has 0 amide bonds. The molecule has 0 fully saturated rings. The summed E-state index contributed by atoms with van der Waals surface area (Å²) in [6.07, 6.45) is 0.215. The molecule has 1 aliphatic heterocycles. The maximum atomic E-state index is 5.92. The number of para-hydroxylation sites is 2. The van der Waals surface area contributed by atoms with E-state index in [1.165, 1.54) is 0 Å². The molecule has 0 radical (unpaired) electrons. The highest BCUT2D eigenvalue weighted by Crippen LogP contribution is 2.27. The van der Waals surface area contributed by atoms with Crippen molar-refractivity contribution in [3.63, 3.8) is 0 Å². The van der Waals surface area contributed by atoms with E-state index in [2.05, 4.69) is 31.4 Å². The normalized spacial score (nSPS) is 19.1. The molecule has 2 N–H and O–H groups in total. The highest BCUT2D eigenvalue weighted by molar-refractivity contribution is 5.57. The lowest BCUT2D eigenvalue weighted by atomic mass is 9.97. The molecule has 1 aromatic carbocycles. The second-order valence-corrected chi connectivity index (χ2v) is 5.81. The van der Waals surface area contributed by atoms with Gasteiger partial charge in [-0.25, -0.2) is 0 Å². The average Bonchev–Trinajstić information content (AvgIpc) is 2.27. The molecule has 3 nitrogen and oxygen atoms in total. The molecule has 0 aliphatic carbocycles. The Bertz CT molecular complexity index is 371. The van der Waals surface area contributed by atoms with E-state index >= 15 is 0 Å². The molecule has 94 valence electrons. The molecule has 17 heavy (non-hydrogen) atoms. The van der Waals surface area contributed by atoms with E-state index in [4.69, 9.17) is 4.74 Å². The first-order chi connectivity index (χ1) is 8.04. The fraction of sp³-hybridized carbons (Fsp3) is 0.571. The maximum Gasteiger partial charge on any atom is 0.142 e. The molecule has 0 saturated heterocycles. The van der Waals surface area contributed by atoms with Gasteiger partial charge >= 0.3 is 0 Å². The minimum atomic E-state index is 0.215. The van der Waals surface area contributed by atoms with Crippen molar-refractivity contribution in [2.24, 2.45) is 5.41 Å². The minimum absolute atomic E-state index is 0.215. The summed E-state index contributed by atoms with van der Waals surface area (Å²) < 4.78 is 5.92. The minimum Gasteiger partial charge on any atom is -0.485 e. The molecule has 0 bridgehead atoms. The third-order valence-electron chi connectivity index (χ3n) is 2.73. The van der Waals surface area contributed by atoms with Crippen LogP contribution in [0.5, 0.6) is 5.75 Å². The highest BCUT2D eigenvalue weighted by atomic mass is 16.5. The van der Waals surface area contributed by atoms with Crippen molar-refractivity contribution in [1.82, 2.24) is 5.32 Å². The third kappa shape index (κ3) is 3.63. The quantitative estimate of drug-likeness (QED) is 0.843. The van der Waals surface area contributed by atoms with Crippen LogP contribution >= 0.6 is 0 Å². The molecule has 1 unspecified atom stereocenters. The van der Waals surface area contributed by atoms with Gasteiger partial charge in [-0.1, -0.05) is 32.9 Å². The second kappa shape index (κ2) is 4.96. The van der Waals surface area contributed by atoms with E-state index < -0.39 is 0 Å². The zero-order valence-electron chi connectivity index (χ0n) is 10.9. The van der Waals surface area contributed by atoms with Gasteiger partial charge in [0.05, 0.1) is 12.2 Å². The van der Waals surface area contributed by atoms with E-state index in [1.807, 2.05) is 24.3 Å². The Balaban J connectivity index is 1.82. The molecule has 1 aliphatic rings. The fourth-order valence-corrected chi connectivity index (χ4v) is 1.88. The molecule has 1 heterocycles. The molecule has 0 aromatic heterocycles. The third-order valence-corrected chi connectivity index (χ3v) is 2.73. The summed E-state index contributed by atoms with van der Waals surface area (Å²) in [4.78, 5) is 0. The maximum absolute atomic E-state index is 5.92. The van der Waals surface area contributed by atoms with E-state index in [9.17, 15) is 0 Å². The van der Waals surface area contributed by atoms with E-state index in [1.54, 1.807) is 0 Å². The van der Waals surface area contributed by atoms with Gasteiger partial charge in [-0.2, -0.15) is 0 Å². The SMILES string of the molecule is CC(C)(C)CNCC1CNc2ccccc2O1. The lowest BCUT2D eigenvalue weighted by molar-refractivity contribution is 0.196. The number of benzene rings is 1. The smallest absolute Gasteiger partial charge is 0.142 e. The molecular formula is C14H22N2O. The summed E-state index contributed by atoms with van der Waals surface area (Å²) >= 11 is 0. The van der Waals surface area contributed by atoms with Crippen molar-refractivity contribution in [3.05, 3.63) is 24.3 Å². The predicted octanol–water partition coefficient (Wildman–Crippen LogP) is 2.50. The Morgan fingerprint density at radius 1 is 1.35 bits per heavy atom. The van der Waals surface area contributed by atoms with Gasteiger partial charge < -0.3 is 15.4 Å². The largest absolute Gasteiger partial charge is 0.485 e. The van der Waals surface area contributed by atoms with Crippen molar-refractivity contribution in [3.8, 4) is 5.75 Å². The van der Waals surface area contributed by atoms with Crippen molar-refractivity contribution in [2.75, 3.05) is 25.0 Å². The molecule has 0 saturated carbocycles. The Hall–Kier alpha value is -1.22. The zero-order chi connectivity index (χ0) is 12.3. The van der Waals surface area contributed by atoms with Crippen molar-refractivity contribution in [2.45, 2.75) is 26.9 Å². The van der Waals surface area contributed by atoms with Gasteiger partial charge in [0, 0.05) is 13.1 Å². The molecule has 3 heteroatoms. The fourth-order valence-electron chi connectivity index (χ4n) is 1.88. The first-order valence-corrected chi connectivity index (χ1v) is 6.25. The summed E-state index contributed by atoms with van der Waals surface area (Å²) in [7, 11) is 0. The van der Waals surface area contributed by atoms with Crippen molar-refractivity contribution < 1.29 is 4.74 Å². The Labute approximate surface area is 104 Å². The standard InChI is InChI=1S/C14H22N2O/c1-14(2,3)10-15-8-11-9-16-12-6-4-5-7-13(12)17-11/h4-7,11,15-16H,8-10H2,1-3H3. The number of hydrogen-bond donors (Lipinski definition) is 2. The van der Waals surface area contributed by atoms with E-state index in [0.29, 0.717) is 5.41 Å². The number of rotatable bonds is 3. The first kappa shape index (κ1) is 12.2. The zero-order valence-corrected chi connectivity index (χ0v) is 10.9. The van der Waals surface area contributed by atoms with Gasteiger partial charge in [-0.15, -0.1) is 0 Å². The van der Waals surface area contributed by atoms with Gasteiger partial charge in [0.25, 0.3) is 0 Å². The number of ether oxygens (including phenoxy) is 1.